The molecular formula is C45H84NO8P. The summed E-state index contributed by atoms with van der Waals surface area (Å²) < 4.78 is 32.8. The van der Waals surface area contributed by atoms with Crippen molar-refractivity contribution in [2.75, 3.05) is 26.4 Å². The molecule has 2 atom stereocenters. The van der Waals surface area contributed by atoms with Crippen LogP contribution in [0.25, 0.3) is 0 Å². The Hall–Kier alpha value is -1.77. The maximum Gasteiger partial charge on any atom is 0.472 e. The molecule has 0 aliphatic heterocycles. The van der Waals surface area contributed by atoms with Crippen molar-refractivity contribution in [1.29, 1.82) is 0 Å². The zero-order chi connectivity index (χ0) is 40.3. The van der Waals surface area contributed by atoms with E-state index in [2.05, 4.69) is 50.3 Å². The van der Waals surface area contributed by atoms with Crippen molar-refractivity contribution in [1.82, 2.24) is 0 Å². The second kappa shape index (κ2) is 41.9. The van der Waals surface area contributed by atoms with Crippen molar-refractivity contribution in [3.8, 4) is 0 Å². The number of phosphoric ester groups is 1. The SMILES string of the molecule is CCCCCC=CCC=CCCCCCCCC(=O)OC(COC(=O)CCCCCCCCCCCC=CCCCCCCCC)COP(=O)(O)OCCN. The lowest BCUT2D eigenvalue weighted by molar-refractivity contribution is -0.161. The minimum absolute atomic E-state index is 0.0506. The molecule has 2 unspecified atom stereocenters. The molecule has 0 aliphatic carbocycles. The molecule has 0 spiro atoms. The summed E-state index contributed by atoms with van der Waals surface area (Å²) in [5.41, 5.74) is 5.35. The van der Waals surface area contributed by atoms with Gasteiger partial charge in [-0.05, 0) is 70.6 Å². The van der Waals surface area contributed by atoms with Crippen LogP contribution in [0.2, 0.25) is 0 Å². The van der Waals surface area contributed by atoms with Crippen molar-refractivity contribution < 1.29 is 37.6 Å². The number of carbonyl (C=O) groups is 2. The molecule has 0 bridgehead atoms. The van der Waals surface area contributed by atoms with Gasteiger partial charge in [0.25, 0.3) is 0 Å². The number of phosphoric acid groups is 1. The summed E-state index contributed by atoms with van der Waals surface area (Å²) >= 11 is 0. The topological polar surface area (TPSA) is 134 Å². The second-order valence-electron chi connectivity index (χ2n) is 14.9. The summed E-state index contributed by atoms with van der Waals surface area (Å²) in [6.07, 6.45) is 46.0. The Labute approximate surface area is 337 Å². The van der Waals surface area contributed by atoms with Crippen LogP contribution in [0.4, 0.5) is 0 Å². The Bertz CT molecular complexity index is 1000. The van der Waals surface area contributed by atoms with E-state index < -0.39 is 26.5 Å². The van der Waals surface area contributed by atoms with E-state index in [1.807, 2.05) is 0 Å². The van der Waals surface area contributed by atoms with Gasteiger partial charge in [0.05, 0.1) is 13.2 Å². The average Bonchev–Trinajstić information content (AvgIpc) is 3.17. The molecule has 322 valence electrons. The lowest BCUT2D eigenvalue weighted by Gasteiger charge is -2.19. The number of esters is 2. The standard InChI is InChI=1S/C45H84NO8P/c1-3-5-7-9-11-13-15-17-19-20-21-22-24-25-27-29-31-33-35-37-44(47)51-41-43(42-53-55(49,50)52-40-39-46)54-45(48)38-36-34-32-30-28-26-23-18-16-14-12-10-8-6-4-2/h12,14,17-19,23,43H,3-11,13,15-16,20-22,24-42,46H2,1-2H3,(H,49,50). The lowest BCUT2D eigenvalue weighted by atomic mass is 10.1. The van der Waals surface area contributed by atoms with Gasteiger partial charge < -0.3 is 20.1 Å². The van der Waals surface area contributed by atoms with Crippen molar-refractivity contribution in [2.24, 2.45) is 5.73 Å². The molecule has 10 heteroatoms. The lowest BCUT2D eigenvalue weighted by Crippen LogP contribution is -2.29. The molecule has 0 fully saturated rings. The maximum absolute atomic E-state index is 12.6. The molecule has 0 aromatic heterocycles. The van der Waals surface area contributed by atoms with Crippen LogP contribution in [0, 0.1) is 0 Å². The van der Waals surface area contributed by atoms with Crippen molar-refractivity contribution >= 4 is 19.8 Å². The van der Waals surface area contributed by atoms with Crippen LogP contribution in [0.3, 0.4) is 0 Å². The number of rotatable bonds is 42. The molecule has 0 aromatic rings. The van der Waals surface area contributed by atoms with Crippen LogP contribution < -0.4 is 5.73 Å². The Morgan fingerprint density at radius 3 is 1.44 bits per heavy atom. The third kappa shape index (κ3) is 41.7. The van der Waals surface area contributed by atoms with Gasteiger partial charge in [-0.1, -0.05) is 159 Å². The predicted molar refractivity (Wildman–Crippen MR) is 229 cm³/mol. The van der Waals surface area contributed by atoms with Crippen LogP contribution in [-0.2, 0) is 32.7 Å². The highest BCUT2D eigenvalue weighted by atomic mass is 31.2. The first-order valence-corrected chi connectivity index (χ1v) is 24.0. The normalized spacial score (nSPS) is 13.6. The van der Waals surface area contributed by atoms with Crippen molar-refractivity contribution in [2.45, 2.75) is 213 Å². The summed E-state index contributed by atoms with van der Waals surface area (Å²) in [4.78, 5) is 34.9. The van der Waals surface area contributed by atoms with Gasteiger partial charge in [-0.2, -0.15) is 0 Å². The Balaban J connectivity index is 4.13. The quantitative estimate of drug-likeness (QED) is 0.0268. The number of allylic oxidation sites excluding steroid dienone is 6. The van der Waals surface area contributed by atoms with Crippen molar-refractivity contribution in [3.63, 3.8) is 0 Å². The highest BCUT2D eigenvalue weighted by Crippen LogP contribution is 2.43. The van der Waals surface area contributed by atoms with E-state index in [1.54, 1.807) is 0 Å². The molecule has 0 saturated carbocycles. The van der Waals surface area contributed by atoms with E-state index in [-0.39, 0.29) is 38.6 Å². The number of hydrogen-bond acceptors (Lipinski definition) is 8. The number of nitrogens with two attached hydrogens (primary N) is 1. The van der Waals surface area contributed by atoms with E-state index in [4.69, 9.17) is 24.3 Å². The van der Waals surface area contributed by atoms with E-state index in [1.165, 1.54) is 116 Å². The highest BCUT2D eigenvalue weighted by Gasteiger charge is 2.26. The first-order chi connectivity index (χ1) is 26.8. The third-order valence-electron chi connectivity index (χ3n) is 9.50. The Morgan fingerprint density at radius 2 is 0.945 bits per heavy atom. The van der Waals surface area contributed by atoms with Crippen LogP contribution >= 0.6 is 7.82 Å². The molecule has 0 aliphatic rings. The van der Waals surface area contributed by atoms with Gasteiger partial charge in [-0.3, -0.25) is 18.6 Å². The van der Waals surface area contributed by atoms with E-state index in [0.717, 1.165) is 57.8 Å². The van der Waals surface area contributed by atoms with E-state index in [9.17, 15) is 19.0 Å². The summed E-state index contributed by atoms with van der Waals surface area (Å²) in [6, 6.07) is 0. The molecular weight excluding hydrogens is 713 g/mol. The molecule has 0 radical (unpaired) electrons. The Kier molecular flexibility index (Phi) is 40.5. The molecule has 0 amide bonds. The third-order valence-corrected chi connectivity index (χ3v) is 10.5. The van der Waals surface area contributed by atoms with Gasteiger partial charge in [0, 0.05) is 19.4 Å². The van der Waals surface area contributed by atoms with Crippen LogP contribution in [-0.4, -0.2) is 49.3 Å². The summed E-state index contributed by atoms with van der Waals surface area (Å²) in [7, 11) is -4.38. The molecule has 0 heterocycles. The Morgan fingerprint density at radius 1 is 0.545 bits per heavy atom. The van der Waals surface area contributed by atoms with Gasteiger partial charge in [0.15, 0.2) is 6.10 Å². The first-order valence-electron chi connectivity index (χ1n) is 22.5. The van der Waals surface area contributed by atoms with Crippen molar-refractivity contribution in [3.05, 3.63) is 36.5 Å². The number of unbranched alkanes of at least 4 members (excludes halogenated alkanes) is 23. The molecule has 9 nitrogen and oxygen atoms in total. The van der Waals surface area contributed by atoms with Crippen LogP contribution in [0.1, 0.15) is 206 Å². The van der Waals surface area contributed by atoms with Gasteiger partial charge in [0.1, 0.15) is 6.61 Å². The van der Waals surface area contributed by atoms with Crippen LogP contribution in [0.15, 0.2) is 36.5 Å². The average molecular weight is 798 g/mol. The zero-order valence-electron chi connectivity index (χ0n) is 35.4. The molecule has 0 saturated heterocycles. The minimum Gasteiger partial charge on any atom is -0.462 e. The van der Waals surface area contributed by atoms with E-state index in [0.29, 0.717) is 6.42 Å². The van der Waals surface area contributed by atoms with E-state index >= 15 is 0 Å². The first kappa shape index (κ1) is 53.2. The second-order valence-corrected chi connectivity index (χ2v) is 16.4. The fourth-order valence-corrected chi connectivity index (χ4v) is 6.89. The largest absolute Gasteiger partial charge is 0.472 e. The smallest absolute Gasteiger partial charge is 0.462 e. The minimum atomic E-state index is -4.38. The van der Waals surface area contributed by atoms with Gasteiger partial charge in [-0.25, -0.2) is 4.57 Å². The number of carbonyl (C=O) groups excluding carboxylic acids is 2. The number of ether oxygens (including phenoxy) is 2. The van der Waals surface area contributed by atoms with Gasteiger partial charge in [-0.15, -0.1) is 0 Å². The van der Waals surface area contributed by atoms with Crippen LogP contribution in [0.5, 0.6) is 0 Å². The fraction of sp³-hybridized carbons (Fsp3) is 0.822. The molecule has 0 aromatic carbocycles. The maximum atomic E-state index is 12.6. The van der Waals surface area contributed by atoms with Gasteiger partial charge in [0.2, 0.25) is 0 Å². The zero-order valence-corrected chi connectivity index (χ0v) is 36.3. The molecule has 55 heavy (non-hydrogen) atoms. The fourth-order valence-electron chi connectivity index (χ4n) is 6.13. The molecule has 0 rings (SSSR count). The monoisotopic (exact) mass is 798 g/mol. The highest BCUT2D eigenvalue weighted by molar-refractivity contribution is 7.47. The summed E-state index contributed by atoms with van der Waals surface area (Å²) in [5, 5.41) is 0. The number of hydrogen-bond donors (Lipinski definition) is 2. The summed E-state index contributed by atoms with van der Waals surface area (Å²) in [5.74, 6) is -0.844. The van der Waals surface area contributed by atoms with Gasteiger partial charge >= 0.3 is 19.8 Å². The molecule has 3 N–H and O–H groups in total. The summed E-state index contributed by atoms with van der Waals surface area (Å²) in [6.45, 7) is 3.69. The predicted octanol–water partition coefficient (Wildman–Crippen LogP) is 12.9.